The van der Waals surface area contributed by atoms with Crippen LogP contribution in [0.5, 0.6) is 0 Å². The Bertz CT molecular complexity index is 246. The van der Waals surface area contributed by atoms with Gasteiger partial charge in [-0.05, 0) is 35.7 Å². The predicted molar refractivity (Wildman–Crippen MR) is 64.0 cm³/mol. The summed E-state index contributed by atoms with van der Waals surface area (Å²) in [5.74, 6) is 0. The maximum Gasteiger partial charge on any atom is -0.0102 e. The molecule has 1 radical (unpaired) electrons. The number of allylic oxidation sites excluding steroid dienone is 4. The minimum absolute atomic E-state index is 0.309. The van der Waals surface area contributed by atoms with E-state index in [1.54, 1.807) is 0 Å². The van der Waals surface area contributed by atoms with Crippen LogP contribution in [0.25, 0.3) is 0 Å². The Hall–Kier alpha value is -0.520. The molecule has 1 aliphatic rings. The Morgan fingerprint density at radius 1 is 1.14 bits per heavy atom. The molecule has 0 aromatic rings. The second-order valence-corrected chi connectivity index (χ2v) is 6.11. The molecule has 0 aliphatic heterocycles. The first-order valence-corrected chi connectivity index (χ1v) is 5.52. The fourth-order valence-corrected chi connectivity index (χ4v) is 2.44. The lowest BCUT2D eigenvalue weighted by Gasteiger charge is -2.34. The van der Waals surface area contributed by atoms with Gasteiger partial charge in [0.05, 0.1) is 0 Å². The molecule has 0 spiro atoms. The van der Waals surface area contributed by atoms with Crippen LogP contribution in [0.3, 0.4) is 0 Å². The van der Waals surface area contributed by atoms with E-state index in [1.807, 2.05) is 0 Å². The molecule has 0 fully saturated rings. The van der Waals surface area contributed by atoms with Crippen molar-refractivity contribution in [3.05, 3.63) is 30.2 Å². The van der Waals surface area contributed by atoms with E-state index in [-0.39, 0.29) is 0 Å². The number of hydrogen-bond donors (Lipinski definition) is 0. The molecule has 1 aliphatic carbocycles. The highest BCUT2D eigenvalue weighted by molar-refractivity contribution is 5.31. The van der Waals surface area contributed by atoms with Crippen LogP contribution in [0, 0.1) is 17.3 Å². The van der Waals surface area contributed by atoms with Gasteiger partial charge >= 0.3 is 0 Å². The first-order chi connectivity index (χ1) is 6.31. The van der Waals surface area contributed by atoms with Crippen LogP contribution in [0.15, 0.2) is 23.8 Å². The van der Waals surface area contributed by atoms with Crippen LogP contribution in [0.1, 0.15) is 47.5 Å². The van der Waals surface area contributed by atoms with Crippen LogP contribution < -0.4 is 0 Å². The van der Waals surface area contributed by atoms with Gasteiger partial charge in [-0.2, -0.15) is 0 Å². The zero-order valence-corrected chi connectivity index (χ0v) is 10.2. The van der Waals surface area contributed by atoms with Gasteiger partial charge in [-0.1, -0.05) is 52.8 Å². The molecule has 0 nitrogen and oxygen atoms in total. The van der Waals surface area contributed by atoms with E-state index >= 15 is 0 Å². The van der Waals surface area contributed by atoms with Crippen LogP contribution in [-0.4, -0.2) is 0 Å². The molecular weight excluding hydrogens is 168 g/mol. The minimum Gasteiger partial charge on any atom is -0.0802 e. The highest BCUT2D eigenvalue weighted by atomic mass is 14.3. The third kappa shape index (κ3) is 3.32. The Morgan fingerprint density at radius 3 is 2.21 bits per heavy atom. The van der Waals surface area contributed by atoms with Gasteiger partial charge in [0.1, 0.15) is 0 Å². The largest absolute Gasteiger partial charge is 0.0802 e. The molecule has 0 atom stereocenters. The first kappa shape index (κ1) is 11.6. The third-order valence-corrected chi connectivity index (χ3v) is 2.64. The molecule has 0 amide bonds. The summed E-state index contributed by atoms with van der Waals surface area (Å²) >= 11 is 0. The molecule has 79 valence electrons. The van der Waals surface area contributed by atoms with Gasteiger partial charge in [-0.3, -0.25) is 0 Å². The van der Waals surface area contributed by atoms with E-state index in [1.165, 1.54) is 12.0 Å². The zero-order valence-electron chi connectivity index (χ0n) is 10.2. The van der Waals surface area contributed by atoms with E-state index in [0.29, 0.717) is 10.8 Å². The standard InChI is InChI=1S/C14H23/c1-13(2,3)11-14(4,5)12-9-7-6-8-10-12/h6-7,9-10H,8,11H2,1-5H3. The molecule has 0 saturated heterocycles. The average Bonchev–Trinajstić information content (AvgIpc) is 2.01. The van der Waals surface area contributed by atoms with Crippen LogP contribution in [0.2, 0.25) is 0 Å². The molecule has 0 heterocycles. The lowest BCUT2D eigenvalue weighted by Crippen LogP contribution is -2.22. The Labute approximate surface area is 89.1 Å². The van der Waals surface area contributed by atoms with Crippen LogP contribution >= 0.6 is 0 Å². The van der Waals surface area contributed by atoms with Crippen molar-refractivity contribution in [1.82, 2.24) is 0 Å². The summed E-state index contributed by atoms with van der Waals surface area (Å²) in [6, 6.07) is 0. The summed E-state index contributed by atoms with van der Waals surface area (Å²) in [5, 5.41) is 0. The molecule has 0 saturated carbocycles. The summed E-state index contributed by atoms with van der Waals surface area (Å²) in [4.78, 5) is 0. The van der Waals surface area contributed by atoms with Crippen molar-refractivity contribution in [2.75, 3.05) is 0 Å². The van der Waals surface area contributed by atoms with Gasteiger partial charge < -0.3 is 0 Å². The average molecular weight is 191 g/mol. The normalized spacial score (nSPS) is 18.2. The summed E-state index contributed by atoms with van der Waals surface area (Å²) in [7, 11) is 0. The Kier molecular flexibility index (Phi) is 3.24. The lowest BCUT2D eigenvalue weighted by molar-refractivity contribution is 0.253. The topological polar surface area (TPSA) is 0 Å². The minimum atomic E-state index is 0.309. The fraction of sp³-hybridized carbons (Fsp3) is 0.643. The molecule has 0 heteroatoms. The van der Waals surface area contributed by atoms with Crippen molar-refractivity contribution in [2.45, 2.75) is 47.5 Å². The number of rotatable bonds is 2. The SMILES string of the molecule is CC(C)(C)CC(C)(C)C1=CC[CH]C=C1. The van der Waals surface area contributed by atoms with Crippen LogP contribution in [-0.2, 0) is 0 Å². The predicted octanol–water partition coefficient (Wildman–Crippen LogP) is 4.54. The van der Waals surface area contributed by atoms with E-state index in [9.17, 15) is 0 Å². The van der Waals surface area contributed by atoms with Gasteiger partial charge in [0.25, 0.3) is 0 Å². The fourth-order valence-electron chi connectivity index (χ4n) is 2.44. The molecular formula is C14H23. The maximum atomic E-state index is 2.35. The van der Waals surface area contributed by atoms with Gasteiger partial charge in [0.2, 0.25) is 0 Å². The van der Waals surface area contributed by atoms with Crippen molar-refractivity contribution < 1.29 is 0 Å². The van der Waals surface area contributed by atoms with E-state index in [2.05, 4.69) is 59.3 Å². The molecule has 0 unspecified atom stereocenters. The second kappa shape index (κ2) is 3.92. The lowest BCUT2D eigenvalue weighted by atomic mass is 9.71. The van der Waals surface area contributed by atoms with Gasteiger partial charge in [-0.25, -0.2) is 0 Å². The zero-order chi connectivity index (χ0) is 10.8. The second-order valence-electron chi connectivity index (χ2n) is 6.11. The first-order valence-electron chi connectivity index (χ1n) is 5.52. The Balaban J connectivity index is 2.74. The van der Waals surface area contributed by atoms with Gasteiger partial charge in [0.15, 0.2) is 0 Å². The highest BCUT2D eigenvalue weighted by Crippen LogP contribution is 2.40. The van der Waals surface area contributed by atoms with Crippen molar-refractivity contribution in [3.8, 4) is 0 Å². The Morgan fingerprint density at radius 2 is 1.79 bits per heavy atom. The molecule has 1 rings (SSSR count). The summed E-state index contributed by atoms with van der Waals surface area (Å²) in [6.07, 6.45) is 11.3. The third-order valence-electron chi connectivity index (χ3n) is 2.64. The van der Waals surface area contributed by atoms with E-state index < -0.39 is 0 Å². The van der Waals surface area contributed by atoms with Gasteiger partial charge in [0, 0.05) is 0 Å². The van der Waals surface area contributed by atoms with Gasteiger partial charge in [-0.15, -0.1) is 0 Å². The molecule has 0 N–H and O–H groups in total. The van der Waals surface area contributed by atoms with Crippen molar-refractivity contribution in [3.63, 3.8) is 0 Å². The summed E-state index contributed by atoms with van der Waals surface area (Å²) in [5.41, 5.74) is 2.21. The monoisotopic (exact) mass is 191 g/mol. The molecule has 14 heavy (non-hydrogen) atoms. The smallest absolute Gasteiger partial charge is 0.0102 e. The maximum absolute atomic E-state index is 2.35. The number of hydrogen-bond acceptors (Lipinski definition) is 0. The quantitative estimate of drug-likeness (QED) is 0.601. The van der Waals surface area contributed by atoms with Crippen molar-refractivity contribution in [2.24, 2.45) is 10.8 Å². The van der Waals surface area contributed by atoms with Crippen LogP contribution in [0.4, 0.5) is 0 Å². The van der Waals surface area contributed by atoms with E-state index in [0.717, 1.165) is 6.42 Å². The van der Waals surface area contributed by atoms with Crippen molar-refractivity contribution in [1.29, 1.82) is 0 Å². The molecule has 0 bridgehead atoms. The molecule has 0 aromatic heterocycles. The molecule has 0 aromatic carbocycles. The summed E-state index contributed by atoms with van der Waals surface area (Å²) < 4.78 is 0. The summed E-state index contributed by atoms with van der Waals surface area (Å²) in [6.45, 7) is 11.6. The van der Waals surface area contributed by atoms with Crippen molar-refractivity contribution >= 4 is 0 Å². The highest BCUT2D eigenvalue weighted by Gasteiger charge is 2.28. The van der Waals surface area contributed by atoms with E-state index in [4.69, 9.17) is 0 Å².